The maximum Gasteiger partial charge on any atom is 0.00122 e. The highest BCUT2D eigenvalue weighted by Crippen LogP contribution is 2.32. The molecule has 1 aliphatic carbocycles. The topological polar surface area (TPSA) is 3.24 Å². The lowest BCUT2D eigenvalue weighted by Gasteiger charge is -2.36. The second-order valence-electron chi connectivity index (χ2n) is 5.14. The van der Waals surface area contributed by atoms with Crippen LogP contribution >= 0.6 is 0 Å². The summed E-state index contributed by atoms with van der Waals surface area (Å²) in [6.45, 7) is 8.94. The van der Waals surface area contributed by atoms with Gasteiger partial charge >= 0.3 is 0 Å². The van der Waals surface area contributed by atoms with E-state index in [-0.39, 0.29) is 0 Å². The van der Waals surface area contributed by atoms with Crippen LogP contribution in [0.15, 0.2) is 0 Å². The molecule has 0 radical (unpaired) electrons. The molecular weight excluding hydrogens is 158 g/mol. The van der Waals surface area contributed by atoms with Crippen LogP contribution in [0.4, 0.5) is 0 Å². The first-order chi connectivity index (χ1) is 6.29. The predicted octanol–water partition coefficient (Wildman–Crippen LogP) is 2.76. The van der Waals surface area contributed by atoms with Crippen molar-refractivity contribution in [1.29, 1.82) is 0 Å². The van der Waals surface area contributed by atoms with Crippen LogP contribution in [0.5, 0.6) is 0 Å². The summed E-state index contributed by atoms with van der Waals surface area (Å²) in [6, 6.07) is 0. The van der Waals surface area contributed by atoms with E-state index in [4.69, 9.17) is 0 Å². The van der Waals surface area contributed by atoms with Gasteiger partial charge in [-0.25, -0.2) is 0 Å². The molecule has 0 N–H and O–H groups in total. The van der Waals surface area contributed by atoms with E-state index in [1.165, 1.54) is 45.3 Å². The largest absolute Gasteiger partial charge is 0.303 e. The fourth-order valence-electron chi connectivity index (χ4n) is 2.59. The summed E-state index contributed by atoms with van der Waals surface area (Å²) in [5, 5.41) is 0. The van der Waals surface area contributed by atoms with Crippen molar-refractivity contribution in [3.8, 4) is 0 Å². The van der Waals surface area contributed by atoms with E-state index in [1.54, 1.807) is 0 Å². The Hall–Kier alpha value is -0.0400. The molecule has 1 aliphatic heterocycles. The van der Waals surface area contributed by atoms with Gasteiger partial charge in [-0.3, -0.25) is 0 Å². The van der Waals surface area contributed by atoms with Gasteiger partial charge in [0.15, 0.2) is 0 Å². The van der Waals surface area contributed by atoms with Crippen molar-refractivity contribution in [2.24, 2.45) is 17.8 Å². The monoisotopic (exact) mass is 181 g/mol. The summed E-state index contributed by atoms with van der Waals surface area (Å²) in [4.78, 5) is 2.71. The molecule has 0 bridgehead atoms. The Morgan fingerprint density at radius 1 is 1.23 bits per heavy atom. The van der Waals surface area contributed by atoms with Gasteiger partial charge in [-0.2, -0.15) is 0 Å². The molecule has 1 saturated heterocycles. The maximum absolute atomic E-state index is 2.71. The number of nitrogens with zero attached hydrogens (tertiary/aromatic N) is 1. The molecule has 0 aromatic heterocycles. The van der Waals surface area contributed by atoms with Crippen LogP contribution < -0.4 is 0 Å². The lowest BCUT2D eigenvalue weighted by atomic mass is 9.85. The minimum Gasteiger partial charge on any atom is -0.303 e. The van der Waals surface area contributed by atoms with Crippen LogP contribution in [0.2, 0.25) is 0 Å². The average Bonchev–Trinajstić information content (AvgIpc) is 2.92. The molecule has 0 amide bonds. The predicted molar refractivity (Wildman–Crippen MR) is 56.7 cm³/mol. The molecule has 1 nitrogen and oxygen atoms in total. The molecule has 2 fully saturated rings. The highest BCUT2D eigenvalue weighted by atomic mass is 15.1. The summed E-state index contributed by atoms with van der Waals surface area (Å²) in [7, 11) is 0. The maximum atomic E-state index is 2.71. The lowest BCUT2D eigenvalue weighted by molar-refractivity contribution is 0.121. The van der Waals surface area contributed by atoms with E-state index < -0.39 is 0 Å². The zero-order valence-corrected chi connectivity index (χ0v) is 9.13. The third kappa shape index (κ3) is 2.46. The third-order valence-electron chi connectivity index (χ3n) is 3.94. The Kier molecular flexibility index (Phi) is 2.92. The molecule has 2 aliphatic rings. The minimum absolute atomic E-state index is 0.973. The third-order valence-corrected chi connectivity index (χ3v) is 3.94. The summed E-state index contributed by atoms with van der Waals surface area (Å²) in [5.41, 5.74) is 0. The Morgan fingerprint density at radius 3 is 2.62 bits per heavy atom. The van der Waals surface area contributed by atoms with Crippen LogP contribution in [0.25, 0.3) is 0 Å². The number of piperidine rings is 1. The molecule has 1 saturated carbocycles. The van der Waals surface area contributed by atoms with Crippen molar-refractivity contribution in [3.63, 3.8) is 0 Å². The van der Waals surface area contributed by atoms with Gasteiger partial charge in [-0.15, -0.1) is 0 Å². The second-order valence-corrected chi connectivity index (χ2v) is 5.14. The molecule has 0 spiro atoms. The molecule has 2 atom stereocenters. The van der Waals surface area contributed by atoms with Crippen LogP contribution in [0.3, 0.4) is 0 Å². The van der Waals surface area contributed by atoms with E-state index in [0.717, 1.165) is 17.8 Å². The van der Waals surface area contributed by atoms with E-state index in [2.05, 4.69) is 18.7 Å². The first-order valence-electron chi connectivity index (χ1n) is 6.02. The van der Waals surface area contributed by atoms with Crippen LogP contribution in [-0.4, -0.2) is 24.5 Å². The molecule has 1 heterocycles. The summed E-state index contributed by atoms with van der Waals surface area (Å²) in [6.07, 6.45) is 5.82. The van der Waals surface area contributed by atoms with Crippen molar-refractivity contribution in [2.75, 3.05) is 19.6 Å². The molecule has 0 aromatic rings. The Bertz CT molecular complexity index is 163. The number of rotatable bonds is 3. The number of hydrogen-bond acceptors (Lipinski definition) is 1. The van der Waals surface area contributed by atoms with Gasteiger partial charge in [-0.1, -0.05) is 20.3 Å². The number of likely N-dealkylation sites (tertiary alicyclic amines) is 1. The van der Waals surface area contributed by atoms with Crippen molar-refractivity contribution in [3.05, 3.63) is 0 Å². The first-order valence-corrected chi connectivity index (χ1v) is 6.02. The Balaban J connectivity index is 1.78. The molecule has 76 valence electrons. The Morgan fingerprint density at radius 2 is 2.00 bits per heavy atom. The van der Waals surface area contributed by atoms with Gasteiger partial charge in [0.25, 0.3) is 0 Å². The van der Waals surface area contributed by atoms with E-state index in [0.29, 0.717) is 0 Å². The first kappa shape index (κ1) is 9.51. The van der Waals surface area contributed by atoms with E-state index in [9.17, 15) is 0 Å². The van der Waals surface area contributed by atoms with Gasteiger partial charge < -0.3 is 4.90 Å². The fraction of sp³-hybridized carbons (Fsp3) is 1.00. The van der Waals surface area contributed by atoms with Crippen LogP contribution in [-0.2, 0) is 0 Å². The smallest absolute Gasteiger partial charge is 0.00122 e. The highest BCUT2D eigenvalue weighted by molar-refractivity contribution is 4.82. The summed E-state index contributed by atoms with van der Waals surface area (Å²) in [5.74, 6) is 3.03. The van der Waals surface area contributed by atoms with Crippen LogP contribution in [0.1, 0.15) is 39.5 Å². The quantitative estimate of drug-likeness (QED) is 0.647. The molecular formula is C12H23N. The van der Waals surface area contributed by atoms with Gasteiger partial charge in [-0.05, 0) is 43.6 Å². The van der Waals surface area contributed by atoms with Gasteiger partial charge in [0, 0.05) is 13.1 Å². The molecule has 0 unspecified atom stereocenters. The highest BCUT2D eigenvalue weighted by Gasteiger charge is 2.29. The fourth-order valence-corrected chi connectivity index (χ4v) is 2.59. The minimum atomic E-state index is 0.973. The van der Waals surface area contributed by atoms with Crippen molar-refractivity contribution >= 4 is 0 Å². The van der Waals surface area contributed by atoms with Crippen molar-refractivity contribution in [1.82, 2.24) is 4.90 Å². The average molecular weight is 181 g/mol. The molecule has 0 aromatic carbocycles. The normalized spacial score (nSPS) is 36.5. The van der Waals surface area contributed by atoms with Gasteiger partial charge in [0.05, 0.1) is 0 Å². The van der Waals surface area contributed by atoms with Gasteiger partial charge in [0.2, 0.25) is 0 Å². The standard InChI is InChI=1S/C12H23N/c1-3-12-9-13(7-6-10(12)2)8-11-4-5-11/h10-12H,3-9H2,1-2H3/t10-,12-/m1/s1. The van der Waals surface area contributed by atoms with Crippen LogP contribution in [0, 0.1) is 17.8 Å². The number of hydrogen-bond donors (Lipinski definition) is 0. The lowest BCUT2D eigenvalue weighted by Crippen LogP contribution is -2.40. The zero-order chi connectivity index (χ0) is 9.26. The van der Waals surface area contributed by atoms with Crippen molar-refractivity contribution in [2.45, 2.75) is 39.5 Å². The molecule has 1 heteroatoms. The Labute approximate surface area is 82.5 Å². The summed E-state index contributed by atoms with van der Waals surface area (Å²) < 4.78 is 0. The van der Waals surface area contributed by atoms with E-state index >= 15 is 0 Å². The van der Waals surface area contributed by atoms with E-state index in [1.807, 2.05) is 0 Å². The molecule has 2 rings (SSSR count). The molecule has 13 heavy (non-hydrogen) atoms. The zero-order valence-electron chi connectivity index (χ0n) is 9.13. The summed E-state index contributed by atoms with van der Waals surface area (Å²) >= 11 is 0. The SMILES string of the molecule is CC[C@@H]1CN(CC2CC2)CC[C@H]1C. The van der Waals surface area contributed by atoms with Crippen molar-refractivity contribution < 1.29 is 0 Å². The van der Waals surface area contributed by atoms with Gasteiger partial charge in [0.1, 0.15) is 0 Å². The second kappa shape index (κ2) is 4.00.